The van der Waals surface area contributed by atoms with Crippen LogP contribution in [0.15, 0.2) is 42.5 Å². The monoisotopic (exact) mass is 404 g/mol. The van der Waals surface area contributed by atoms with E-state index in [0.717, 1.165) is 11.1 Å². The van der Waals surface area contributed by atoms with Crippen LogP contribution in [-0.4, -0.2) is 23.3 Å². The van der Waals surface area contributed by atoms with Gasteiger partial charge < -0.3 is 10.2 Å². The van der Waals surface area contributed by atoms with Gasteiger partial charge in [0.15, 0.2) is 0 Å². The molecular formula is C21H22Cl2N2O2. The molecule has 2 aromatic rings. The van der Waals surface area contributed by atoms with Gasteiger partial charge in [0.05, 0.1) is 10.0 Å². The molecule has 1 unspecified atom stereocenters. The van der Waals surface area contributed by atoms with Crippen LogP contribution >= 0.6 is 23.2 Å². The number of nitrogens with zero attached hydrogens (tertiary/aromatic N) is 1. The van der Waals surface area contributed by atoms with Crippen molar-refractivity contribution in [2.75, 3.05) is 6.54 Å². The maximum Gasteiger partial charge on any atom is 0.255 e. The lowest BCUT2D eigenvalue weighted by Crippen LogP contribution is -2.42. The summed E-state index contributed by atoms with van der Waals surface area (Å²) in [6, 6.07) is 11.9. The van der Waals surface area contributed by atoms with Gasteiger partial charge in [-0.2, -0.15) is 0 Å². The van der Waals surface area contributed by atoms with Crippen LogP contribution in [0.1, 0.15) is 48.3 Å². The fraction of sp³-hybridized carbons (Fsp3) is 0.333. The van der Waals surface area contributed by atoms with Crippen LogP contribution in [0.2, 0.25) is 10.0 Å². The van der Waals surface area contributed by atoms with Crippen LogP contribution in [-0.2, 0) is 11.3 Å². The fourth-order valence-electron chi connectivity index (χ4n) is 3.26. The highest BCUT2D eigenvalue weighted by Gasteiger charge is 2.42. The zero-order chi connectivity index (χ0) is 19.8. The maximum atomic E-state index is 13.0. The van der Waals surface area contributed by atoms with Crippen LogP contribution in [0.5, 0.6) is 0 Å². The van der Waals surface area contributed by atoms with Crippen molar-refractivity contribution in [2.45, 2.75) is 33.4 Å². The van der Waals surface area contributed by atoms with Gasteiger partial charge >= 0.3 is 0 Å². The van der Waals surface area contributed by atoms with E-state index >= 15 is 0 Å². The van der Waals surface area contributed by atoms with E-state index in [4.69, 9.17) is 23.2 Å². The Morgan fingerprint density at radius 2 is 1.81 bits per heavy atom. The Hall–Kier alpha value is -2.04. The van der Waals surface area contributed by atoms with Gasteiger partial charge in [-0.05, 0) is 34.7 Å². The molecule has 2 amide bonds. The second-order valence-electron chi connectivity index (χ2n) is 7.95. The molecule has 1 N–H and O–H groups in total. The Labute approximate surface area is 169 Å². The third kappa shape index (κ3) is 4.28. The van der Waals surface area contributed by atoms with Crippen molar-refractivity contribution < 1.29 is 9.59 Å². The first-order chi connectivity index (χ1) is 12.7. The molecule has 1 atom stereocenters. The molecule has 0 radical (unpaired) electrons. The maximum absolute atomic E-state index is 13.0. The summed E-state index contributed by atoms with van der Waals surface area (Å²) in [4.78, 5) is 27.5. The minimum absolute atomic E-state index is 0.102. The molecule has 0 saturated carbocycles. The average Bonchev–Trinajstić information content (AvgIpc) is 2.87. The van der Waals surface area contributed by atoms with Crippen LogP contribution < -0.4 is 5.32 Å². The van der Waals surface area contributed by atoms with E-state index in [1.165, 1.54) is 0 Å². The molecule has 0 aromatic heterocycles. The Bertz CT molecular complexity index is 890. The lowest BCUT2D eigenvalue weighted by Gasteiger charge is -2.31. The number of benzene rings is 2. The minimum atomic E-state index is -0.629. The second kappa shape index (κ2) is 7.53. The quantitative estimate of drug-likeness (QED) is 0.791. The molecule has 0 fully saturated rings. The highest BCUT2D eigenvalue weighted by molar-refractivity contribution is 6.42. The standard InChI is InChI=1S/C21H22Cl2N2O2/c1-21(2,3)12-25-18(14-6-4-5-7-15(14)20(25)27)19(26)24-11-13-8-9-16(22)17(23)10-13/h4-10,18H,11-12H2,1-3H3,(H,24,26). The van der Waals surface area contributed by atoms with Crippen molar-refractivity contribution in [1.82, 2.24) is 10.2 Å². The highest BCUT2D eigenvalue weighted by atomic mass is 35.5. The average molecular weight is 405 g/mol. The molecule has 1 aliphatic rings. The second-order valence-corrected chi connectivity index (χ2v) is 8.76. The lowest BCUT2D eigenvalue weighted by molar-refractivity contribution is -0.126. The van der Waals surface area contributed by atoms with Gasteiger partial charge in [-0.3, -0.25) is 9.59 Å². The van der Waals surface area contributed by atoms with Crippen molar-refractivity contribution in [2.24, 2.45) is 5.41 Å². The number of nitrogens with one attached hydrogen (secondary N) is 1. The molecule has 0 spiro atoms. The summed E-state index contributed by atoms with van der Waals surface area (Å²) < 4.78 is 0. The molecular weight excluding hydrogens is 383 g/mol. The van der Waals surface area contributed by atoms with E-state index in [2.05, 4.69) is 5.32 Å². The molecule has 142 valence electrons. The van der Waals surface area contributed by atoms with Crippen molar-refractivity contribution in [3.8, 4) is 0 Å². The number of hydrogen-bond donors (Lipinski definition) is 1. The molecule has 1 aliphatic heterocycles. The van der Waals surface area contributed by atoms with Gasteiger partial charge in [-0.15, -0.1) is 0 Å². The highest BCUT2D eigenvalue weighted by Crippen LogP contribution is 2.36. The van der Waals surface area contributed by atoms with Gasteiger partial charge in [0.25, 0.3) is 5.91 Å². The molecule has 2 aromatic carbocycles. The summed E-state index contributed by atoms with van der Waals surface area (Å²) in [5, 5.41) is 3.84. The summed E-state index contributed by atoms with van der Waals surface area (Å²) >= 11 is 12.0. The van der Waals surface area contributed by atoms with Crippen LogP contribution in [0.25, 0.3) is 0 Å². The van der Waals surface area contributed by atoms with Gasteiger partial charge in [0.2, 0.25) is 5.91 Å². The summed E-state index contributed by atoms with van der Waals surface area (Å²) in [6.45, 7) is 6.95. The number of carbonyl (C=O) groups excluding carboxylic acids is 2. The number of halogens is 2. The Morgan fingerprint density at radius 3 is 2.48 bits per heavy atom. The van der Waals surface area contributed by atoms with Crippen molar-refractivity contribution in [1.29, 1.82) is 0 Å². The van der Waals surface area contributed by atoms with E-state index in [0.29, 0.717) is 28.7 Å². The first-order valence-electron chi connectivity index (χ1n) is 8.79. The third-order valence-corrected chi connectivity index (χ3v) is 5.14. The first kappa shape index (κ1) is 19.7. The van der Waals surface area contributed by atoms with Gasteiger partial charge in [-0.1, -0.05) is 68.2 Å². The van der Waals surface area contributed by atoms with E-state index in [9.17, 15) is 9.59 Å². The third-order valence-electron chi connectivity index (χ3n) is 4.40. The van der Waals surface area contributed by atoms with E-state index in [1.807, 2.05) is 45.0 Å². The van der Waals surface area contributed by atoms with Gasteiger partial charge in [0.1, 0.15) is 6.04 Å². The van der Waals surface area contributed by atoms with Gasteiger partial charge in [-0.25, -0.2) is 0 Å². The molecule has 27 heavy (non-hydrogen) atoms. The topological polar surface area (TPSA) is 49.4 Å². The number of amides is 2. The zero-order valence-corrected chi connectivity index (χ0v) is 17.1. The zero-order valence-electron chi connectivity index (χ0n) is 15.6. The fourth-order valence-corrected chi connectivity index (χ4v) is 3.58. The van der Waals surface area contributed by atoms with Crippen LogP contribution in [0.3, 0.4) is 0 Å². The van der Waals surface area contributed by atoms with Crippen molar-refractivity contribution >= 4 is 35.0 Å². The largest absolute Gasteiger partial charge is 0.350 e. The minimum Gasteiger partial charge on any atom is -0.350 e. The van der Waals surface area contributed by atoms with E-state index < -0.39 is 6.04 Å². The predicted octanol–water partition coefficient (Wildman–Crippen LogP) is 4.85. The normalized spacial score (nSPS) is 16.4. The molecule has 6 heteroatoms. The van der Waals surface area contributed by atoms with Crippen LogP contribution in [0, 0.1) is 5.41 Å². The summed E-state index contributed by atoms with van der Waals surface area (Å²) in [6.07, 6.45) is 0. The van der Waals surface area contributed by atoms with Gasteiger partial charge in [0, 0.05) is 18.7 Å². The number of rotatable bonds is 4. The molecule has 0 aliphatic carbocycles. The Balaban J connectivity index is 1.83. The van der Waals surface area contributed by atoms with Crippen LogP contribution in [0.4, 0.5) is 0 Å². The van der Waals surface area contributed by atoms with E-state index in [-0.39, 0.29) is 17.2 Å². The van der Waals surface area contributed by atoms with Crippen molar-refractivity contribution in [3.63, 3.8) is 0 Å². The summed E-state index contributed by atoms with van der Waals surface area (Å²) in [5.41, 5.74) is 2.06. The Morgan fingerprint density at radius 1 is 1.11 bits per heavy atom. The Kier molecular flexibility index (Phi) is 5.50. The molecule has 0 saturated heterocycles. The smallest absolute Gasteiger partial charge is 0.255 e. The summed E-state index contributed by atoms with van der Waals surface area (Å²) in [7, 11) is 0. The molecule has 1 heterocycles. The number of fused-ring (bicyclic) bond motifs is 1. The first-order valence-corrected chi connectivity index (χ1v) is 9.54. The SMILES string of the molecule is CC(C)(C)CN1C(=O)c2ccccc2C1C(=O)NCc1ccc(Cl)c(Cl)c1. The number of carbonyl (C=O) groups is 2. The summed E-state index contributed by atoms with van der Waals surface area (Å²) in [5.74, 6) is -0.307. The predicted molar refractivity (Wildman–Crippen MR) is 108 cm³/mol. The molecule has 0 bridgehead atoms. The van der Waals surface area contributed by atoms with Crippen molar-refractivity contribution in [3.05, 3.63) is 69.2 Å². The molecule has 4 nitrogen and oxygen atoms in total. The number of hydrogen-bond acceptors (Lipinski definition) is 2. The lowest BCUT2D eigenvalue weighted by atomic mass is 9.95. The molecule has 3 rings (SSSR count). The van der Waals surface area contributed by atoms with E-state index in [1.54, 1.807) is 23.1 Å².